The van der Waals surface area contributed by atoms with Crippen LogP contribution in [0, 0.1) is 5.82 Å². The normalized spacial score (nSPS) is 10.9. The molecule has 2 aromatic carbocycles. The van der Waals surface area contributed by atoms with Gasteiger partial charge >= 0.3 is 0 Å². The molecule has 10 heteroatoms. The van der Waals surface area contributed by atoms with Crippen LogP contribution in [0.15, 0.2) is 52.9 Å². The van der Waals surface area contributed by atoms with E-state index in [1.807, 2.05) is 0 Å². The van der Waals surface area contributed by atoms with Gasteiger partial charge in [-0.15, -0.1) is 0 Å². The first-order chi connectivity index (χ1) is 13.9. The van der Waals surface area contributed by atoms with E-state index < -0.39 is 5.91 Å². The highest BCUT2D eigenvalue weighted by Crippen LogP contribution is 2.32. The summed E-state index contributed by atoms with van der Waals surface area (Å²) in [6.45, 7) is 0. The van der Waals surface area contributed by atoms with Crippen molar-refractivity contribution in [2.45, 2.75) is 0 Å². The number of nitrogens with one attached hydrogen (secondary N) is 2. The van der Waals surface area contributed by atoms with Crippen molar-refractivity contribution in [3.8, 4) is 11.3 Å². The van der Waals surface area contributed by atoms with E-state index in [1.54, 1.807) is 30.3 Å². The van der Waals surface area contributed by atoms with Gasteiger partial charge in [0.25, 0.3) is 5.91 Å². The summed E-state index contributed by atoms with van der Waals surface area (Å²) in [4.78, 5) is 16.7. The van der Waals surface area contributed by atoms with Gasteiger partial charge in [0.2, 0.25) is 0 Å². The molecule has 146 valence electrons. The maximum Gasteiger partial charge on any atom is 0.293 e. The number of fused-ring (bicyclic) bond motifs is 1. The lowest BCUT2D eigenvalue weighted by atomic mass is 10.2. The second-order valence-electron chi connectivity index (χ2n) is 5.83. The van der Waals surface area contributed by atoms with E-state index in [1.165, 1.54) is 29.5 Å². The molecule has 0 atom stereocenters. The lowest BCUT2D eigenvalue weighted by molar-refractivity contribution is 0.0951. The zero-order chi connectivity index (χ0) is 20.5. The van der Waals surface area contributed by atoms with Crippen LogP contribution in [-0.2, 0) is 0 Å². The second kappa shape index (κ2) is 8.08. The van der Waals surface area contributed by atoms with Crippen LogP contribution in [0.25, 0.3) is 21.5 Å². The molecule has 0 unspecified atom stereocenters. The SMILES string of the molecule is O=C(NC(=S)Nc1nc2ccc(F)cc2s1)c1ccc(-c2cc(Cl)ccc2Cl)o1. The third kappa shape index (κ3) is 4.40. The summed E-state index contributed by atoms with van der Waals surface area (Å²) in [6.07, 6.45) is 0. The highest BCUT2D eigenvalue weighted by molar-refractivity contribution is 7.80. The predicted molar refractivity (Wildman–Crippen MR) is 117 cm³/mol. The smallest absolute Gasteiger partial charge is 0.293 e. The molecule has 2 aromatic heterocycles. The Kier molecular flexibility index (Phi) is 5.51. The first kappa shape index (κ1) is 19.8. The number of aromatic nitrogens is 1. The third-order valence-electron chi connectivity index (χ3n) is 3.82. The quantitative estimate of drug-likeness (QED) is 0.356. The van der Waals surface area contributed by atoms with Crippen molar-refractivity contribution in [1.29, 1.82) is 0 Å². The minimum absolute atomic E-state index is 0.0354. The summed E-state index contributed by atoms with van der Waals surface area (Å²) in [6, 6.07) is 12.3. The summed E-state index contributed by atoms with van der Waals surface area (Å²) in [5.74, 6) is -0.447. The number of hydrogen-bond acceptors (Lipinski definition) is 5. The van der Waals surface area contributed by atoms with E-state index in [4.69, 9.17) is 39.8 Å². The maximum atomic E-state index is 13.3. The van der Waals surface area contributed by atoms with Crippen molar-refractivity contribution in [2.75, 3.05) is 5.32 Å². The molecule has 0 aliphatic carbocycles. The Morgan fingerprint density at radius 1 is 1.14 bits per heavy atom. The Morgan fingerprint density at radius 3 is 2.79 bits per heavy atom. The zero-order valence-electron chi connectivity index (χ0n) is 14.3. The molecule has 0 saturated heterocycles. The van der Waals surface area contributed by atoms with Gasteiger partial charge in [-0.2, -0.15) is 0 Å². The Bertz CT molecular complexity index is 1260. The summed E-state index contributed by atoms with van der Waals surface area (Å²) < 4.78 is 19.5. The fourth-order valence-electron chi connectivity index (χ4n) is 2.54. The van der Waals surface area contributed by atoms with Crippen molar-refractivity contribution in [2.24, 2.45) is 0 Å². The molecule has 4 rings (SSSR count). The summed E-state index contributed by atoms with van der Waals surface area (Å²) in [5, 5.41) is 6.73. The number of hydrogen-bond donors (Lipinski definition) is 2. The number of rotatable bonds is 3. The van der Waals surface area contributed by atoms with Crippen molar-refractivity contribution in [3.05, 3.63) is 70.2 Å². The zero-order valence-corrected chi connectivity index (χ0v) is 17.5. The number of amides is 1. The van der Waals surface area contributed by atoms with Gasteiger partial charge in [0.15, 0.2) is 16.0 Å². The number of anilines is 1. The molecule has 2 heterocycles. The van der Waals surface area contributed by atoms with E-state index in [-0.39, 0.29) is 16.7 Å². The Morgan fingerprint density at radius 2 is 1.97 bits per heavy atom. The van der Waals surface area contributed by atoms with Gasteiger partial charge in [-0.1, -0.05) is 34.5 Å². The molecule has 0 saturated carbocycles. The molecule has 0 bridgehead atoms. The van der Waals surface area contributed by atoms with Crippen LogP contribution in [0.3, 0.4) is 0 Å². The molecule has 0 radical (unpaired) electrons. The van der Waals surface area contributed by atoms with E-state index in [9.17, 15) is 9.18 Å². The average Bonchev–Trinajstić information content (AvgIpc) is 3.30. The van der Waals surface area contributed by atoms with Gasteiger partial charge in [0.1, 0.15) is 11.6 Å². The van der Waals surface area contributed by atoms with Crippen molar-refractivity contribution in [3.63, 3.8) is 0 Å². The molecule has 0 aliphatic rings. The summed E-state index contributed by atoms with van der Waals surface area (Å²) >= 11 is 18.5. The average molecular weight is 466 g/mol. The minimum Gasteiger partial charge on any atom is -0.451 e. The van der Waals surface area contributed by atoms with Gasteiger partial charge in [-0.3, -0.25) is 10.1 Å². The van der Waals surface area contributed by atoms with Crippen LogP contribution in [0.4, 0.5) is 9.52 Å². The van der Waals surface area contributed by atoms with E-state index in [0.717, 1.165) is 0 Å². The van der Waals surface area contributed by atoms with Crippen LogP contribution < -0.4 is 10.6 Å². The highest BCUT2D eigenvalue weighted by atomic mass is 35.5. The van der Waals surface area contributed by atoms with Crippen molar-refractivity contribution < 1.29 is 13.6 Å². The van der Waals surface area contributed by atoms with Crippen LogP contribution in [0.1, 0.15) is 10.6 Å². The minimum atomic E-state index is -0.543. The predicted octanol–water partition coefficient (Wildman–Crippen LogP) is 6.13. The Labute approximate surface area is 183 Å². The van der Waals surface area contributed by atoms with Gasteiger partial charge in [0.05, 0.1) is 15.2 Å². The van der Waals surface area contributed by atoms with Crippen LogP contribution >= 0.6 is 46.8 Å². The van der Waals surface area contributed by atoms with Crippen LogP contribution in [0.2, 0.25) is 10.0 Å². The standard InChI is InChI=1S/C19H10Cl2FN3O2S2/c20-9-1-3-12(21)11(7-9)14-5-6-15(27-14)17(26)24-18(28)25-19-23-13-4-2-10(22)8-16(13)29-19/h1-8H,(H2,23,24,25,26,28). The molecule has 1 amide bonds. The fraction of sp³-hybridized carbons (Fsp3) is 0. The first-order valence-corrected chi connectivity index (χ1v) is 10.1. The van der Waals surface area contributed by atoms with E-state index in [2.05, 4.69) is 15.6 Å². The van der Waals surface area contributed by atoms with Gasteiger partial charge < -0.3 is 9.73 Å². The molecule has 0 spiro atoms. The number of carbonyl (C=O) groups excluding carboxylic acids is 1. The lowest BCUT2D eigenvalue weighted by Crippen LogP contribution is -2.33. The monoisotopic (exact) mass is 465 g/mol. The topological polar surface area (TPSA) is 67.2 Å². The van der Waals surface area contributed by atoms with Crippen molar-refractivity contribution in [1.82, 2.24) is 10.3 Å². The van der Waals surface area contributed by atoms with Gasteiger partial charge in [-0.25, -0.2) is 9.37 Å². The summed E-state index contributed by atoms with van der Waals surface area (Å²) in [7, 11) is 0. The van der Waals surface area contributed by atoms with E-state index in [0.29, 0.717) is 36.7 Å². The molecule has 2 N–H and O–H groups in total. The highest BCUT2D eigenvalue weighted by Gasteiger charge is 2.16. The molecule has 29 heavy (non-hydrogen) atoms. The van der Waals surface area contributed by atoms with Gasteiger partial charge in [-0.05, 0) is 60.7 Å². The number of carbonyl (C=O) groups is 1. The molecular formula is C19H10Cl2FN3O2S2. The molecule has 0 fully saturated rings. The number of furan rings is 1. The van der Waals surface area contributed by atoms with Crippen molar-refractivity contribution >= 4 is 73.1 Å². The Balaban J connectivity index is 1.45. The first-order valence-electron chi connectivity index (χ1n) is 8.13. The number of nitrogens with zero attached hydrogens (tertiary/aromatic N) is 1. The molecule has 5 nitrogen and oxygen atoms in total. The molecular weight excluding hydrogens is 456 g/mol. The number of thiocarbonyl (C=S) groups is 1. The maximum absolute atomic E-state index is 13.3. The van der Waals surface area contributed by atoms with E-state index >= 15 is 0 Å². The third-order valence-corrected chi connectivity index (χ3v) is 5.52. The second-order valence-corrected chi connectivity index (χ2v) is 8.11. The Hall–Kier alpha value is -2.52. The van der Waals surface area contributed by atoms with Crippen LogP contribution in [0.5, 0.6) is 0 Å². The van der Waals surface area contributed by atoms with Gasteiger partial charge in [0, 0.05) is 10.6 Å². The lowest BCUT2D eigenvalue weighted by Gasteiger charge is -2.05. The number of benzene rings is 2. The van der Waals surface area contributed by atoms with Crippen LogP contribution in [-0.4, -0.2) is 16.0 Å². The molecule has 0 aliphatic heterocycles. The number of thiazole rings is 1. The fourth-order valence-corrected chi connectivity index (χ4v) is 4.07. The molecule has 4 aromatic rings. The summed E-state index contributed by atoms with van der Waals surface area (Å²) in [5.41, 5.74) is 1.20. The number of halogens is 3. The largest absolute Gasteiger partial charge is 0.451 e.